The van der Waals surface area contributed by atoms with Crippen LogP contribution in [0.3, 0.4) is 0 Å². The quantitative estimate of drug-likeness (QED) is 0.778. The van der Waals surface area contributed by atoms with Crippen molar-refractivity contribution < 1.29 is 9.59 Å². The van der Waals surface area contributed by atoms with Gasteiger partial charge in [-0.1, -0.05) is 30.3 Å². The van der Waals surface area contributed by atoms with Gasteiger partial charge >= 0.3 is 0 Å². The number of fused-ring (bicyclic) bond motifs is 1. The number of aromatic nitrogens is 4. The van der Waals surface area contributed by atoms with Crippen LogP contribution < -0.4 is 5.32 Å². The molecule has 1 unspecified atom stereocenters. The Bertz CT molecular complexity index is 715. The Morgan fingerprint density at radius 1 is 1.42 bits per heavy atom. The number of tetrazole rings is 1. The van der Waals surface area contributed by atoms with Crippen molar-refractivity contribution in [3.05, 3.63) is 41.2 Å². The summed E-state index contributed by atoms with van der Waals surface area (Å²) in [6.07, 6.45) is 1.59. The summed E-state index contributed by atoms with van der Waals surface area (Å²) in [6, 6.07) is 7.52. The summed E-state index contributed by atoms with van der Waals surface area (Å²) in [7, 11) is 0. The lowest BCUT2D eigenvalue weighted by molar-refractivity contribution is -0.122. The molecule has 2 amide bonds. The summed E-state index contributed by atoms with van der Waals surface area (Å²) in [5, 5.41) is 16.7. The van der Waals surface area contributed by atoms with Crippen LogP contribution in [0.4, 0.5) is 0 Å². The number of hydrogen-bond acceptors (Lipinski definition) is 5. The van der Waals surface area contributed by atoms with Crippen LogP contribution >= 0.6 is 0 Å². The predicted octanol–water partition coefficient (Wildman–Crippen LogP) is 0.683. The van der Waals surface area contributed by atoms with E-state index in [1.54, 1.807) is 4.90 Å². The van der Waals surface area contributed by atoms with Gasteiger partial charge in [0.25, 0.3) is 5.91 Å². The molecule has 126 valence electrons. The van der Waals surface area contributed by atoms with E-state index >= 15 is 0 Å². The zero-order valence-electron chi connectivity index (χ0n) is 13.5. The molecule has 2 N–H and O–H groups in total. The predicted molar refractivity (Wildman–Crippen MR) is 85.9 cm³/mol. The summed E-state index contributed by atoms with van der Waals surface area (Å²) in [4.78, 5) is 26.1. The maximum Gasteiger partial charge on any atom is 0.254 e. The minimum absolute atomic E-state index is 0.00256. The van der Waals surface area contributed by atoms with Crippen LogP contribution in [0, 0.1) is 0 Å². The van der Waals surface area contributed by atoms with E-state index in [4.69, 9.17) is 0 Å². The van der Waals surface area contributed by atoms with Gasteiger partial charge in [-0.05, 0) is 18.1 Å². The van der Waals surface area contributed by atoms with Gasteiger partial charge in [-0.2, -0.15) is 5.21 Å². The van der Waals surface area contributed by atoms with E-state index < -0.39 is 0 Å². The molecule has 1 aliphatic heterocycles. The molecule has 0 saturated heterocycles. The molecule has 1 aromatic carbocycles. The molecule has 0 radical (unpaired) electrons. The van der Waals surface area contributed by atoms with Gasteiger partial charge in [0, 0.05) is 37.5 Å². The molecule has 0 spiro atoms. The zero-order chi connectivity index (χ0) is 16.9. The first-order valence-electron chi connectivity index (χ1n) is 8.06. The zero-order valence-corrected chi connectivity index (χ0v) is 13.5. The number of carbonyl (C=O) groups is 2. The van der Waals surface area contributed by atoms with E-state index in [2.05, 4.69) is 25.9 Å². The molecule has 3 rings (SSSR count). The fourth-order valence-corrected chi connectivity index (χ4v) is 2.82. The summed E-state index contributed by atoms with van der Waals surface area (Å²) >= 11 is 0. The van der Waals surface area contributed by atoms with E-state index in [0.29, 0.717) is 25.3 Å². The minimum Gasteiger partial charge on any atom is -0.353 e. The minimum atomic E-state index is -0.0749. The van der Waals surface area contributed by atoms with Gasteiger partial charge in [0.1, 0.15) is 0 Å². The Morgan fingerprint density at radius 2 is 2.25 bits per heavy atom. The van der Waals surface area contributed by atoms with Gasteiger partial charge in [0.15, 0.2) is 5.82 Å². The van der Waals surface area contributed by atoms with Crippen LogP contribution in [-0.2, 0) is 17.8 Å². The van der Waals surface area contributed by atoms with Gasteiger partial charge in [0.2, 0.25) is 5.91 Å². The summed E-state index contributed by atoms with van der Waals surface area (Å²) in [5.74, 6) is 0.499. The fraction of sp³-hybridized carbons (Fsp3) is 0.438. The van der Waals surface area contributed by atoms with Crippen LogP contribution in [-0.4, -0.2) is 49.9 Å². The van der Waals surface area contributed by atoms with Crippen LogP contribution in [0.5, 0.6) is 0 Å². The Hall–Kier alpha value is -2.77. The van der Waals surface area contributed by atoms with Crippen molar-refractivity contribution in [3.63, 3.8) is 0 Å². The third kappa shape index (κ3) is 3.58. The second-order valence-corrected chi connectivity index (χ2v) is 5.84. The van der Waals surface area contributed by atoms with E-state index in [1.807, 2.05) is 31.2 Å². The van der Waals surface area contributed by atoms with Crippen LogP contribution in [0.2, 0.25) is 0 Å². The molecule has 24 heavy (non-hydrogen) atoms. The highest BCUT2D eigenvalue weighted by Gasteiger charge is 2.27. The van der Waals surface area contributed by atoms with Crippen molar-refractivity contribution in [2.24, 2.45) is 0 Å². The second-order valence-electron chi connectivity index (χ2n) is 5.84. The molecule has 1 aromatic heterocycles. The molecular formula is C16H20N6O2. The molecular weight excluding hydrogens is 308 g/mol. The number of rotatable bonds is 7. The van der Waals surface area contributed by atoms with E-state index in [1.165, 1.54) is 0 Å². The third-order valence-corrected chi connectivity index (χ3v) is 4.18. The monoisotopic (exact) mass is 328 g/mol. The van der Waals surface area contributed by atoms with Crippen molar-refractivity contribution in [2.75, 3.05) is 6.54 Å². The Kier molecular flexibility index (Phi) is 4.83. The molecule has 8 heteroatoms. The lowest BCUT2D eigenvalue weighted by atomic mass is 10.1. The molecule has 8 nitrogen and oxygen atoms in total. The van der Waals surface area contributed by atoms with Gasteiger partial charge in [0.05, 0.1) is 0 Å². The van der Waals surface area contributed by atoms with Crippen molar-refractivity contribution >= 4 is 11.8 Å². The maximum atomic E-state index is 12.3. The lowest BCUT2D eigenvalue weighted by Crippen LogP contribution is -2.38. The van der Waals surface area contributed by atoms with E-state index in [9.17, 15) is 9.59 Å². The topological polar surface area (TPSA) is 104 Å². The number of benzene rings is 1. The standard InChI is InChI=1S/C16H20N6O2/c1-2-12(9-14-18-20-21-19-14)17-15(23)7-8-22-10-11-5-3-4-6-13(11)16(22)24/h3-6,12H,2,7-10H2,1H3,(H,17,23)(H,18,19,20,21). The Balaban J connectivity index is 1.48. The van der Waals surface area contributed by atoms with E-state index in [0.717, 1.165) is 17.5 Å². The van der Waals surface area contributed by atoms with Crippen molar-refractivity contribution in [1.29, 1.82) is 0 Å². The van der Waals surface area contributed by atoms with Crippen molar-refractivity contribution in [2.45, 2.75) is 38.8 Å². The van der Waals surface area contributed by atoms with Gasteiger partial charge in [-0.15, -0.1) is 10.2 Å². The highest BCUT2D eigenvalue weighted by atomic mass is 16.2. The van der Waals surface area contributed by atoms with Crippen LogP contribution in [0.15, 0.2) is 24.3 Å². The number of amides is 2. The number of H-pyrrole nitrogens is 1. The number of nitrogens with one attached hydrogen (secondary N) is 2. The highest BCUT2D eigenvalue weighted by Crippen LogP contribution is 2.22. The number of hydrogen-bond donors (Lipinski definition) is 2. The van der Waals surface area contributed by atoms with Crippen molar-refractivity contribution in [1.82, 2.24) is 30.8 Å². The second kappa shape index (κ2) is 7.20. The molecule has 1 atom stereocenters. The SMILES string of the molecule is CCC(Cc1nn[nH]n1)NC(=O)CCN1Cc2ccccc2C1=O. The van der Waals surface area contributed by atoms with E-state index in [-0.39, 0.29) is 24.3 Å². The fourth-order valence-electron chi connectivity index (χ4n) is 2.82. The van der Waals surface area contributed by atoms with Crippen LogP contribution in [0.1, 0.15) is 41.5 Å². The average Bonchev–Trinajstić information content (AvgIpc) is 3.21. The summed E-state index contributed by atoms with van der Waals surface area (Å²) in [6.45, 7) is 2.98. The smallest absolute Gasteiger partial charge is 0.254 e. The lowest BCUT2D eigenvalue weighted by Gasteiger charge is -2.18. The maximum absolute atomic E-state index is 12.3. The number of carbonyl (C=O) groups excluding carboxylic acids is 2. The van der Waals surface area contributed by atoms with Gasteiger partial charge in [-0.3, -0.25) is 9.59 Å². The largest absolute Gasteiger partial charge is 0.353 e. The molecule has 2 aromatic rings. The Morgan fingerprint density at radius 3 is 2.96 bits per heavy atom. The average molecular weight is 328 g/mol. The molecule has 0 saturated carbocycles. The first-order chi connectivity index (χ1) is 11.7. The number of aromatic amines is 1. The normalized spacial score (nSPS) is 14.5. The van der Waals surface area contributed by atoms with Gasteiger partial charge < -0.3 is 10.2 Å². The highest BCUT2D eigenvalue weighted by molar-refractivity contribution is 5.98. The third-order valence-electron chi connectivity index (χ3n) is 4.18. The molecule has 0 aliphatic carbocycles. The first kappa shape index (κ1) is 16.1. The summed E-state index contributed by atoms with van der Waals surface area (Å²) < 4.78 is 0. The molecule has 0 bridgehead atoms. The molecule has 0 fully saturated rings. The summed E-state index contributed by atoms with van der Waals surface area (Å²) in [5.41, 5.74) is 1.76. The number of nitrogens with zero attached hydrogens (tertiary/aromatic N) is 4. The Labute approximate surface area is 139 Å². The first-order valence-corrected chi connectivity index (χ1v) is 8.06. The van der Waals surface area contributed by atoms with Gasteiger partial charge in [-0.25, -0.2) is 0 Å². The van der Waals surface area contributed by atoms with Crippen molar-refractivity contribution in [3.8, 4) is 0 Å². The molecule has 1 aliphatic rings. The van der Waals surface area contributed by atoms with Crippen LogP contribution in [0.25, 0.3) is 0 Å². The molecule has 2 heterocycles.